The summed E-state index contributed by atoms with van der Waals surface area (Å²) in [4.78, 5) is 18.3. The average Bonchev–Trinajstić information content (AvgIpc) is 2.99. The van der Waals surface area contributed by atoms with E-state index in [2.05, 4.69) is 9.80 Å². The lowest BCUT2D eigenvalue weighted by atomic mass is 9.78. The van der Waals surface area contributed by atoms with Gasteiger partial charge in [0.15, 0.2) is 0 Å². The molecule has 2 unspecified atom stereocenters. The molecule has 43 heavy (non-hydrogen) atoms. The maximum absolute atomic E-state index is 14.0. The monoisotopic (exact) mass is 604 g/mol. The van der Waals surface area contributed by atoms with Gasteiger partial charge in [0.2, 0.25) is 0 Å². The summed E-state index contributed by atoms with van der Waals surface area (Å²) >= 11 is 0. The van der Waals surface area contributed by atoms with Crippen molar-refractivity contribution >= 4 is 5.97 Å². The fourth-order valence-corrected chi connectivity index (χ4v) is 6.93. The van der Waals surface area contributed by atoms with Crippen LogP contribution in [0.2, 0.25) is 0 Å². The minimum atomic E-state index is -0.756. The molecule has 1 N–H and O–H groups in total. The van der Waals surface area contributed by atoms with E-state index in [1.807, 2.05) is 96.9 Å². The van der Waals surface area contributed by atoms with Crippen molar-refractivity contribution in [1.82, 2.24) is 9.80 Å². The topological polar surface area (TPSA) is 99.1 Å². The highest BCUT2D eigenvalue weighted by Crippen LogP contribution is 2.45. The highest BCUT2D eigenvalue weighted by molar-refractivity contribution is 5.90. The Morgan fingerprint density at radius 2 is 1.14 bits per heavy atom. The summed E-state index contributed by atoms with van der Waals surface area (Å²) in [6, 6.07) is 3.49. The molecule has 0 spiro atoms. The Morgan fingerprint density at radius 1 is 0.814 bits per heavy atom. The number of aromatic hydroxyl groups is 1. The van der Waals surface area contributed by atoms with Gasteiger partial charge in [0.25, 0.3) is 0 Å². The first-order valence-corrected chi connectivity index (χ1v) is 15.7. The molecule has 1 aromatic carbocycles. The van der Waals surface area contributed by atoms with Crippen LogP contribution in [0.1, 0.15) is 118 Å². The summed E-state index contributed by atoms with van der Waals surface area (Å²) in [6.07, 6.45) is -0.612. The number of hydroxylamine groups is 6. The minimum absolute atomic E-state index is 0.204. The van der Waals surface area contributed by atoms with E-state index in [0.29, 0.717) is 42.9 Å². The first-order valence-electron chi connectivity index (χ1n) is 15.7. The number of ether oxygens (including phenoxy) is 1. The molecule has 2 fully saturated rings. The van der Waals surface area contributed by atoms with Crippen molar-refractivity contribution in [3.8, 4) is 5.75 Å². The van der Waals surface area contributed by atoms with Gasteiger partial charge in [-0.05, 0) is 50.7 Å². The molecule has 2 atom stereocenters. The summed E-state index contributed by atoms with van der Waals surface area (Å²) in [5.41, 5.74) is -1.67. The van der Waals surface area contributed by atoms with E-state index < -0.39 is 54.6 Å². The van der Waals surface area contributed by atoms with Gasteiger partial charge in [-0.1, -0.05) is 41.5 Å². The number of rotatable bonds is 6. The molecule has 0 amide bonds. The van der Waals surface area contributed by atoms with Crippen LogP contribution >= 0.6 is 0 Å². The van der Waals surface area contributed by atoms with Crippen LogP contribution in [0.25, 0.3) is 0 Å². The van der Waals surface area contributed by atoms with Crippen molar-refractivity contribution < 1.29 is 23.9 Å². The lowest BCUT2D eigenvalue weighted by Gasteiger charge is -2.54. The number of carbonyl (C=O) groups is 1. The lowest BCUT2D eigenvalue weighted by Crippen LogP contribution is -2.63. The number of phenolic OH excluding ortho intramolecular Hbond substituents is 1. The fraction of sp³-hybridized carbons (Fsp3) is 0.794. The zero-order valence-electron chi connectivity index (χ0n) is 29.9. The van der Waals surface area contributed by atoms with Crippen molar-refractivity contribution in [1.29, 1.82) is 0 Å². The Labute approximate surface area is 261 Å². The van der Waals surface area contributed by atoms with Crippen LogP contribution in [0.15, 0.2) is 12.1 Å². The van der Waals surface area contributed by atoms with Crippen molar-refractivity contribution in [3.05, 3.63) is 39.2 Å². The number of likely N-dealkylation sites (N-methyl/N-ethyl adjacent to an activating group) is 2. The molecule has 0 radical (unpaired) electrons. The van der Waals surface area contributed by atoms with E-state index in [1.165, 1.54) is 0 Å². The third-order valence-electron chi connectivity index (χ3n) is 11.2. The number of hydrogen-bond donors (Lipinski definition) is 1. The van der Waals surface area contributed by atoms with Gasteiger partial charge in [0.05, 0.1) is 32.7 Å². The molecule has 2 aliphatic heterocycles. The zero-order valence-corrected chi connectivity index (χ0v) is 29.9. The van der Waals surface area contributed by atoms with Crippen molar-refractivity contribution in [3.63, 3.8) is 0 Å². The zero-order chi connectivity index (χ0) is 33.6. The molecule has 0 aromatic heterocycles. The minimum Gasteiger partial charge on any atom is -0.631 e. The van der Waals surface area contributed by atoms with Gasteiger partial charge in [0.1, 0.15) is 34.3 Å². The van der Waals surface area contributed by atoms with Gasteiger partial charge in [-0.25, -0.2) is 14.6 Å². The Morgan fingerprint density at radius 3 is 1.40 bits per heavy atom. The SMILES string of the molecule is CC(C)(C)c1cc(C(=O)OC(CN2CC(C)(C)[N+](C)([O-])C2(C)C)CN2CC(C)(C)[N+](C)([O-])C2(C)C)cc(C(C)(C)C)c1O. The van der Waals surface area contributed by atoms with Crippen LogP contribution in [0.3, 0.4) is 0 Å². The Kier molecular flexibility index (Phi) is 8.63. The maximum atomic E-state index is 14.0. The van der Waals surface area contributed by atoms with E-state index in [-0.39, 0.29) is 5.75 Å². The molecule has 0 bridgehead atoms. The standard InChI is InChI=1S/C34H60N4O5/c1-29(2,3)25-17-23(18-26(27(25)39)30(4,5)6)28(40)43-24(19-35-21-31(7,8)37(15,41)33(35,11)12)20-36-22-32(9,10)38(16,42)34(36,13)14/h17-18,24,39H,19-22H2,1-16H3. The Balaban J connectivity index is 2.07. The van der Waals surface area contributed by atoms with Gasteiger partial charge in [-0.15, -0.1) is 0 Å². The fourth-order valence-electron chi connectivity index (χ4n) is 6.93. The quantitative estimate of drug-likeness (QED) is 0.239. The number of hydrogen-bond acceptors (Lipinski definition) is 7. The van der Waals surface area contributed by atoms with Crippen LogP contribution in [-0.4, -0.2) is 99.0 Å². The molecule has 0 aliphatic carbocycles. The van der Waals surface area contributed by atoms with E-state index in [1.54, 1.807) is 26.2 Å². The average molecular weight is 605 g/mol. The molecular formula is C34H60N4O5. The van der Waals surface area contributed by atoms with Crippen LogP contribution in [-0.2, 0) is 15.6 Å². The first kappa shape index (κ1) is 35.7. The Hall–Kier alpha value is -1.75. The molecule has 246 valence electrons. The third-order valence-corrected chi connectivity index (χ3v) is 11.2. The molecular weight excluding hydrogens is 544 g/mol. The molecule has 1 aromatic rings. The molecule has 3 rings (SSSR count). The van der Waals surface area contributed by atoms with Crippen molar-refractivity contribution in [2.24, 2.45) is 0 Å². The summed E-state index contributed by atoms with van der Waals surface area (Å²) in [5.74, 6) is -0.275. The van der Waals surface area contributed by atoms with E-state index >= 15 is 0 Å². The highest BCUT2D eigenvalue weighted by Gasteiger charge is 2.59. The predicted octanol–water partition coefficient (Wildman–Crippen LogP) is 6.06. The molecule has 2 saturated heterocycles. The van der Waals surface area contributed by atoms with E-state index in [4.69, 9.17) is 4.74 Å². The number of esters is 1. The summed E-state index contributed by atoms with van der Waals surface area (Å²) in [5, 5.41) is 38.9. The highest BCUT2D eigenvalue weighted by atomic mass is 16.6. The van der Waals surface area contributed by atoms with E-state index in [9.17, 15) is 20.3 Å². The van der Waals surface area contributed by atoms with Gasteiger partial charge in [-0.3, -0.25) is 0 Å². The lowest BCUT2D eigenvalue weighted by molar-refractivity contribution is -0.945. The maximum Gasteiger partial charge on any atom is 0.338 e. The largest absolute Gasteiger partial charge is 0.631 e. The Bertz CT molecular complexity index is 1150. The molecule has 2 heterocycles. The van der Waals surface area contributed by atoms with Gasteiger partial charge >= 0.3 is 5.97 Å². The second-order valence-electron chi connectivity index (χ2n) is 17.7. The van der Waals surface area contributed by atoms with Gasteiger partial charge in [0, 0.05) is 51.9 Å². The predicted molar refractivity (Wildman–Crippen MR) is 173 cm³/mol. The summed E-state index contributed by atoms with van der Waals surface area (Å²) in [7, 11) is 3.43. The van der Waals surface area contributed by atoms with Gasteiger partial charge < -0.3 is 29.6 Å². The van der Waals surface area contributed by atoms with Gasteiger partial charge in [-0.2, -0.15) is 0 Å². The number of quaternary nitrogens is 2. The van der Waals surface area contributed by atoms with Crippen LogP contribution in [0.4, 0.5) is 0 Å². The second kappa shape index (κ2) is 10.4. The number of benzene rings is 1. The van der Waals surface area contributed by atoms with Crippen molar-refractivity contribution in [2.75, 3.05) is 40.3 Å². The summed E-state index contributed by atoms with van der Waals surface area (Å²) in [6.45, 7) is 29.6. The molecule has 9 heteroatoms. The van der Waals surface area contributed by atoms with Crippen LogP contribution in [0, 0.1) is 10.4 Å². The second-order valence-corrected chi connectivity index (χ2v) is 17.7. The summed E-state index contributed by atoms with van der Waals surface area (Å²) < 4.78 is 5.48. The van der Waals surface area contributed by atoms with Crippen LogP contribution in [0.5, 0.6) is 5.75 Å². The molecule has 2 aliphatic rings. The molecule has 9 nitrogen and oxygen atoms in total. The molecule has 0 saturated carbocycles. The van der Waals surface area contributed by atoms with Crippen LogP contribution < -0.4 is 0 Å². The number of phenols is 1. The number of carbonyl (C=O) groups excluding carboxylic acids is 1. The third kappa shape index (κ3) is 5.86. The van der Waals surface area contributed by atoms with E-state index in [0.717, 1.165) is 0 Å². The smallest absolute Gasteiger partial charge is 0.338 e. The first-order chi connectivity index (χ1) is 18.9. The van der Waals surface area contributed by atoms with Crippen molar-refractivity contribution in [2.45, 2.75) is 136 Å². The number of nitrogens with zero attached hydrogens (tertiary/aromatic N) is 4. The normalized spacial score (nSPS) is 29.5.